The molecule has 1 amide bonds. The second-order valence-corrected chi connectivity index (χ2v) is 6.22. The van der Waals surface area contributed by atoms with Crippen LogP contribution in [0.1, 0.15) is 23.0 Å². The molecular weight excluding hydrogens is 337 g/mol. The molecule has 1 aromatic heterocycles. The van der Waals surface area contributed by atoms with Gasteiger partial charge in [0.25, 0.3) is 5.91 Å². The third-order valence-electron chi connectivity index (χ3n) is 3.85. The highest BCUT2D eigenvalue weighted by molar-refractivity contribution is 7.98. The molecule has 0 unspecified atom stereocenters. The third-order valence-corrected chi connectivity index (χ3v) is 4.50. The van der Waals surface area contributed by atoms with Crippen molar-refractivity contribution in [2.75, 3.05) is 11.6 Å². The first kappa shape index (κ1) is 17.2. The quantitative estimate of drug-likeness (QED) is 0.683. The summed E-state index contributed by atoms with van der Waals surface area (Å²) in [5.74, 6) is -0.585. The molecule has 0 atom stereocenters. The number of hydrogen-bond donors (Lipinski definition) is 1. The Morgan fingerprint density at radius 1 is 1.16 bits per heavy atom. The molecule has 0 bridgehead atoms. The number of carbonyl (C=O) groups is 1. The van der Waals surface area contributed by atoms with E-state index in [-0.39, 0.29) is 11.7 Å². The Morgan fingerprint density at radius 3 is 2.44 bits per heavy atom. The minimum Gasteiger partial charge on any atom is -0.321 e. The molecule has 2 aromatic carbocycles. The van der Waals surface area contributed by atoms with E-state index in [9.17, 15) is 9.18 Å². The Kier molecular flexibility index (Phi) is 5.19. The fraction of sp³-hybridized carbons (Fsp3) is 0.158. The molecule has 0 aliphatic carbocycles. The lowest BCUT2D eigenvalue weighted by molar-refractivity contribution is 0.102. The molecule has 4 nitrogen and oxygen atoms in total. The number of nitrogens with zero attached hydrogens (tertiary/aromatic N) is 2. The lowest BCUT2D eigenvalue weighted by Crippen LogP contribution is -2.16. The molecule has 6 heteroatoms. The zero-order valence-electron chi connectivity index (χ0n) is 14.0. The van der Waals surface area contributed by atoms with E-state index in [0.29, 0.717) is 16.5 Å². The number of amides is 1. The van der Waals surface area contributed by atoms with Crippen molar-refractivity contribution in [3.63, 3.8) is 0 Å². The van der Waals surface area contributed by atoms with Crippen molar-refractivity contribution >= 4 is 23.4 Å². The number of halogens is 1. The zero-order valence-corrected chi connectivity index (χ0v) is 14.8. The van der Waals surface area contributed by atoms with Gasteiger partial charge in [0.15, 0.2) is 5.16 Å². The normalized spacial score (nSPS) is 10.7. The van der Waals surface area contributed by atoms with Crippen LogP contribution < -0.4 is 5.32 Å². The second-order valence-electron chi connectivity index (χ2n) is 5.45. The highest BCUT2D eigenvalue weighted by Gasteiger charge is 2.18. The molecule has 3 aromatic rings. The maximum absolute atomic E-state index is 13.2. The molecule has 25 heavy (non-hydrogen) atoms. The van der Waals surface area contributed by atoms with Crippen molar-refractivity contribution in [3.05, 3.63) is 71.8 Å². The lowest BCUT2D eigenvalue weighted by atomic mass is 10.1. The molecule has 0 fully saturated rings. The minimum atomic E-state index is -0.323. The Hall–Kier alpha value is -2.60. The van der Waals surface area contributed by atoms with Crippen LogP contribution in [0, 0.1) is 5.82 Å². The van der Waals surface area contributed by atoms with Gasteiger partial charge in [-0.15, -0.1) is 0 Å². The smallest absolute Gasteiger partial charge is 0.274 e. The van der Waals surface area contributed by atoms with E-state index in [1.807, 2.05) is 30.5 Å². The summed E-state index contributed by atoms with van der Waals surface area (Å²) < 4.78 is 14.9. The number of carbonyl (C=O) groups excluding carboxylic acids is 1. The molecule has 0 spiro atoms. The zero-order chi connectivity index (χ0) is 17.8. The lowest BCUT2D eigenvalue weighted by Gasteiger charge is -2.11. The van der Waals surface area contributed by atoms with Crippen molar-refractivity contribution < 1.29 is 9.18 Å². The minimum absolute atomic E-state index is 0.263. The maximum Gasteiger partial charge on any atom is 0.274 e. The summed E-state index contributed by atoms with van der Waals surface area (Å²) in [6.45, 7) is 2.08. The number of anilines is 1. The summed E-state index contributed by atoms with van der Waals surface area (Å²) in [6, 6.07) is 13.7. The number of aromatic nitrogens is 2. The number of nitrogens with one attached hydrogen (secondary N) is 1. The van der Waals surface area contributed by atoms with Gasteiger partial charge in [-0.25, -0.2) is 9.37 Å². The molecule has 0 saturated heterocycles. The summed E-state index contributed by atoms with van der Waals surface area (Å²) in [5.41, 5.74) is 3.02. The average molecular weight is 355 g/mol. The first-order valence-corrected chi connectivity index (χ1v) is 9.12. The molecule has 1 N–H and O–H groups in total. The highest BCUT2D eigenvalue weighted by Crippen LogP contribution is 2.23. The van der Waals surface area contributed by atoms with Crippen molar-refractivity contribution in [1.29, 1.82) is 0 Å². The maximum atomic E-state index is 13.2. The van der Waals surface area contributed by atoms with E-state index in [0.717, 1.165) is 12.1 Å². The van der Waals surface area contributed by atoms with Gasteiger partial charge < -0.3 is 5.32 Å². The summed E-state index contributed by atoms with van der Waals surface area (Å²) in [6.07, 6.45) is 4.36. The monoisotopic (exact) mass is 355 g/mol. The van der Waals surface area contributed by atoms with Gasteiger partial charge in [0, 0.05) is 11.4 Å². The molecule has 0 aliphatic heterocycles. The van der Waals surface area contributed by atoms with Crippen molar-refractivity contribution in [3.8, 4) is 5.69 Å². The van der Waals surface area contributed by atoms with Gasteiger partial charge in [-0.2, -0.15) is 0 Å². The standard InChI is InChI=1S/C19H18FN3OS/c1-3-13-4-8-15(9-5-13)22-18(24)17-12-21-19(25-2)23(17)16-10-6-14(20)7-11-16/h4-12H,3H2,1-2H3,(H,22,24). The Morgan fingerprint density at radius 2 is 1.84 bits per heavy atom. The highest BCUT2D eigenvalue weighted by atomic mass is 32.2. The van der Waals surface area contributed by atoms with Gasteiger partial charge in [0.1, 0.15) is 11.5 Å². The van der Waals surface area contributed by atoms with Gasteiger partial charge in [0.2, 0.25) is 0 Å². The Balaban J connectivity index is 1.92. The van der Waals surface area contributed by atoms with E-state index in [1.54, 1.807) is 16.7 Å². The van der Waals surface area contributed by atoms with E-state index < -0.39 is 0 Å². The van der Waals surface area contributed by atoms with E-state index in [2.05, 4.69) is 17.2 Å². The van der Waals surface area contributed by atoms with Crippen molar-refractivity contribution in [2.24, 2.45) is 0 Å². The third kappa shape index (κ3) is 3.74. The van der Waals surface area contributed by atoms with Crippen LogP contribution in [0.4, 0.5) is 10.1 Å². The summed E-state index contributed by atoms with van der Waals surface area (Å²) >= 11 is 1.42. The molecule has 0 aliphatic rings. The predicted octanol–water partition coefficient (Wildman–Crippen LogP) is 4.55. The molecule has 0 saturated carbocycles. The SMILES string of the molecule is CCc1ccc(NC(=O)c2cnc(SC)n2-c2ccc(F)cc2)cc1. The van der Waals surface area contributed by atoms with Gasteiger partial charge in [-0.1, -0.05) is 30.8 Å². The molecular formula is C19H18FN3OS. The summed E-state index contributed by atoms with van der Waals surface area (Å²) in [4.78, 5) is 17.0. The second kappa shape index (κ2) is 7.53. The van der Waals surface area contributed by atoms with Crippen LogP contribution in [0.3, 0.4) is 0 Å². The van der Waals surface area contributed by atoms with E-state index >= 15 is 0 Å². The number of aryl methyl sites for hydroxylation is 1. The topological polar surface area (TPSA) is 46.9 Å². The largest absolute Gasteiger partial charge is 0.321 e. The number of rotatable bonds is 5. The first-order valence-electron chi connectivity index (χ1n) is 7.90. The van der Waals surface area contributed by atoms with Crippen LogP contribution in [0.15, 0.2) is 59.9 Å². The van der Waals surface area contributed by atoms with Crippen molar-refractivity contribution in [2.45, 2.75) is 18.5 Å². The number of imidazole rings is 1. The molecule has 1 heterocycles. The van der Waals surface area contributed by atoms with Crippen LogP contribution >= 0.6 is 11.8 Å². The van der Waals surface area contributed by atoms with E-state index in [4.69, 9.17) is 0 Å². The number of hydrogen-bond acceptors (Lipinski definition) is 3. The molecule has 128 valence electrons. The molecule has 3 rings (SSSR count). The fourth-order valence-electron chi connectivity index (χ4n) is 2.50. The van der Waals surface area contributed by atoms with Crippen molar-refractivity contribution in [1.82, 2.24) is 9.55 Å². The number of benzene rings is 2. The number of thioether (sulfide) groups is 1. The van der Waals surface area contributed by atoms with Crippen LogP contribution in [-0.2, 0) is 6.42 Å². The Bertz CT molecular complexity index is 873. The first-order chi connectivity index (χ1) is 12.1. The van der Waals surface area contributed by atoms with Gasteiger partial charge in [0.05, 0.1) is 6.20 Å². The fourth-order valence-corrected chi connectivity index (χ4v) is 3.04. The Labute approximate surface area is 150 Å². The molecule has 0 radical (unpaired) electrons. The van der Waals surface area contributed by atoms with Crippen LogP contribution in [0.25, 0.3) is 5.69 Å². The summed E-state index contributed by atoms with van der Waals surface area (Å²) in [7, 11) is 0. The van der Waals surface area contributed by atoms with E-state index in [1.165, 1.54) is 35.7 Å². The summed E-state index contributed by atoms with van der Waals surface area (Å²) in [5, 5.41) is 3.55. The predicted molar refractivity (Wildman–Crippen MR) is 99.1 cm³/mol. The average Bonchev–Trinajstić information content (AvgIpc) is 3.07. The van der Waals surface area contributed by atoms with Crippen LogP contribution in [0.5, 0.6) is 0 Å². The van der Waals surface area contributed by atoms with Gasteiger partial charge in [-0.3, -0.25) is 9.36 Å². The van der Waals surface area contributed by atoms with Gasteiger partial charge >= 0.3 is 0 Å². The van der Waals surface area contributed by atoms with Gasteiger partial charge in [-0.05, 0) is 54.6 Å². The van der Waals surface area contributed by atoms with Crippen LogP contribution in [0.2, 0.25) is 0 Å². The van der Waals surface area contributed by atoms with Crippen LogP contribution in [-0.4, -0.2) is 21.7 Å².